The van der Waals surface area contributed by atoms with Crippen LogP contribution in [-0.4, -0.2) is 4.98 Å². The van der Waals surface area contributed by atoms with Gasteiger partial charge in [0.15, 0.2) is 0 Å². The van der Waals surface area contributed by atoms with Crippen molar-refractivity contribution in [1.29, 1.82) is 0 Å². The van der Waals surface area contributed by atoms with Crippen molar-refractivity contribution in [2.24, 2.45) is 0 Å². The fraction of sp³-hybridized carbons (Fsp3) is 0.312. The largest absolute Gasteiger partial charge is 0.397 e. The molecule has 0 saturated carbocycles. The summed E-state index contributed by atoms with van der Waals surface area (Å²) in [5, 5.41) is 3.57. The van der Waals surface area contributed by atoms with Crippen LogP contribution in [0.25, 0.3) is 0 Å². The normalized spacial score (nSPS) is 17.8. The number of nitrogens with one attached hydrogen (secondary N) is 1. The van der Waals surface area contributed by atoms with E-state index < -0.39 is 0 Å². The Labute approximate surface area is 113 Å². The topological polar surface area (TPSA) is 50.9 Å². The lowest BCUT2D eigenvalue weighted by Crippen LogP contribution is -2.18. The van der Waals surface area contributed by atoms with Crippen molar-refractivity contribution in [3.63, 3.8) is 0 Å². The molecule has 1 unspecified atom stereocenters. The van der Waals surface area contributed by atoms with Crippen LogP contribution in [0.2, 0.25) is 0 Å². The number of hydrogen-bond donors (Lipinski definition) is 2. The van der Waals surface area contributed by atoms with Gasteiger partial charge in [-0.2, -0.15) is 0 Å². The van der Waals surface area contributed by atoms with E-state index in [1.165, 1.54) is 24.0 Å². The lowest BCUT2D eigenvalue weighted by atomic mass is 9.87. The van der Waals surface area contributed by atoms with Gasteiger partial charge < -0.3 is 11.1 Å². The molecule has 3 heteroatoms. The maximum Gasteiger partial charge on any atom is 0.129 e. The Hall–Kier alpha value is -2.03. The first kappa shape index (κ1) is 12.0. The number of rotatable bonds is 2. The first-order chi connectivity index (χ1) is 9.24. The number of benzene rings is 1. The van der Waals surface area contributed by atoms with Gasteiger partial charge in [-0.15, -0.1) is 0 Å². The van der Waals surface area contributed by atoms with Crippen molar-refractivity contribution in [3.8, 4) is 0 Å². The molecule has 98 valence electrons. The highest BCUT2D eigenvalue weighted by Gasteiger charge is 2.20. The molecule has 0 bridgehead atoms. The van der Waals surface area contributed by atoms with E-state index >= 15 is 0 Å². The molecule has 0 aliphatic heterocycles. The molecule has 1 heterocycles. The average molecular weight is 253 g/mol. The molecule has 0 spiro atoms. The van der Waals surface area contributed by atoms with Crippen LogP contribution in [0.15, 0.2) is 36.5 Å². The fourth-order valence-corrected chi connectivity index (χ4v) is 2.82. The summed E-state index contributed by atoms with van der Waals surface area (Å²) in [5.74, 6) is 0.941. The van der Waals surface area contributed by atoms with Crippen LogP contribution in [0.5, 0.6) is 0 Å². The third kappa shape index (κ3) is 2.41. The number of aryl methyl sites for hydroxylation is 2. The molecule has 1 aliphatic rings. The summed E-state index contributed by atoms with van der Waals surface area (Å²) in [6.45, 7) is 2.04. The van der Waals surface area contributed by atoms with Crippen LogP contribution in [0, 0.1) is 6.92 Å². The number of aromatic nitrogens is 1. The van der Waals surface area contributed by atoms with Gasteiger partial charge in [-0.25, -0.2) is 4.98 Å². The van der Waals surface area contributed by atoms with Gasteiger partial charge in [0.25, 0.3) is 0 Å². The Balaban J connectivity index is 1.88. The fourth-order valence-electron chi connectivity index (χ4n) is 2.82. The number of nitrogens with zero attached hydrogens (tertiary/aromatic N) is 1. The Morgan fingerprint density at radius 2 is 2.16 bits per heavy atom. The van der Waals surface area contributed by atoms with Gasteiger partial charge in [0.05, 0.1) is 17.9 Å². The molecule has 0 amide bonds. The molecule has 1 atom stereocenters. The van der Waals surface area contributed by atoms with Crippen LogP contribution in [0.4, 0.5) is 11.5 Å². The van der Waals surface area contributed by atoms with Crippen molar-refractivity contribution < 1.29 is 0 Å². The summed E-state index contributed by atoms with van der Waals surface area (Å²) >= 11 is 0. The Kier molecular flexibility index (Phi) is 3.11. The highest BCUT2D eigenvalue weighted by molar-refractivity contribution is 5.52. The summed E-state index contributed by atoms with van der Waals surface area (Å²) in [6, 6.07) is 11.0. The van der Waals surface area contributed by atoms with E-state index in [-0.39, 0.29) is 0 Å². The van der Waals surface area contributed by atoms with E-state index in [4.69, 9.17) is 5.73 Å². The molecule has 19 heavy (non-hydrogen) atoms. The summed E-state index contributed by atoms with van der Waals surface area (Å²) in [4.78, 5) is 4.41. The molecule has 0 radical (unpaired) electrons. The Morgan fingerprint density at radius 3 is 3.00 bits per heavy atom. The smallest absolute Gasteiger partial charge is 0.129 e. The molecule has 3 nitrogen and oxygen atoms in total. The summed E-state index contributed by atoms with van der Waals surface area (Å²) in [7, 11) is 0. The van der Waals surface area contributed by atoms with Crippen LogP contribution in [-0.2, 0) is 6.42 Å². The van der Waals surface area contributed by atoms with Crippen molar-refractivity contribution >= 4 is 11.5 Å². The second-order valence-electron chi connectivity index (χ2n) is 5.22. The van der Waals surface area contributed by atoms with Gasteiger partial charge in [0, 0.05) is 0 Å². The van der Waals surface area contributed by atoms with E-state index in [0.717, 1.165) is 17.8 Å². The van der Waals surface area contributed by atoms with Gasteiger partial charge in [-0.05, 0) is 48.9 Å². The van der Waals surface area contributed by atoms with Crippen molar-refractivity contribution in [2.75, 3.05) is 11.1 Å². The molecule has 3 rings (SSSR count). The first-order valence-electron chi connectivity index (χ1n) is 6.80. The predicted octanol–water partition coefficient (Wildman–Crippen LogP) is 3.46. The molecule has 3 N–H and O–H groups in total. The third-order valence-corrected chi connectivity index (χ3v) is 3.78. The second-order valence-corrected chi connectivity index (χ2v) is 5.22. The van der Waals surface area contributed by atoms with Gasteiger partial charge in [0.2, 0.25) is 0 Å². The van der Waals surface area contributed by atoms with E-state index in [1.54, 1.807) is 6.20 Å². The van der Waals surface area contributed by atoms with E-state index in [9.17, 15) is 0 Å². The first-order valence-corrected chi connectivity index (χ1v) is 6.80. The molecule has 1 aromatic carbocycles. The third-order valence-electron chi connectivity index (χ3n) is 3.78. The van der Waals surface area contributed by atoms with Crippen molar-refractivity contribution in [2.45, 2.75) is 32.2 Å². The standard InChI is InChI=1S/C16H19N3/c1-11-9-13(17)10-18-16(11)19-15-8-4-6-12-5-2-3-7-14(12)15/h2-3,5,7,9-10,15H,4,6,8,17H2,1H3,(H,18,19). The molecular formula is C16H19N3. The van der Waals surface area contributed by atoms with Gasteiger partial charge in [-0.3, -0.25) is 0 Å². The second kappa shape index (κ2) is 4.92. The Bertz CT molecular complexity index is 592. The van der Waals surface area contributed by atoms with Gasteiger partial charge >= 0.3 is 0 Å². The van der Waals surface area contributed by atoms with Crippen LogP contribution in [0.1, 0.15) is 35.6 Å². The van der Waals surface area contributed by atoms with Crippen LogP contribution in [0.3, 0.4) is 0 Å². The zero-order valence-electron chi connectivity index (χ0n) is 11.2. The molecule has 1 aliphatic carbocycles. The van der Waals surface area contributed by atoms with Crippen molar-refractivity contribution in [1.82, 2.24) is 4.98 Å². The maximum atomic E-state index is 5.75. The monoisotopic (exact) mass is 253 g/mol. The lowest BCUT2D eigenvalue weighted by molar-refractivity contribution is 0.598. The van der Waals surface area contributed by atoms with Crippen LogP contribution >= 0.6 is 0 Å². The number of anilines is 2. The highest BCUT2D eigenvalue weighted by atomic mass is 15.0. The zero-order chi connectivity index (χ0) is 13.2. The molecular weight excluding hydrogens is 234 g/mol. The number of hydrogen-bond acceptors (Lipinski definition) is 3. The predicted molar refractivity (Wildman–Crippen MR) is 79.1 cm³/mol. The number of fused-ring (bicyclic) bond motifs is 1. The molecule has 1 aromatic heterocycles. The minimum Gasteiger partial charge on any atom is -0.397 e. The number of nitrogen functional groups attached to an aromatic ring is 1. The van der Waals surface area contributed by atoms with E-state index in [1.807, 2.05) is 13.0 Å². The highest BCUT2D eigenvalue weighted by Crippen LogP contribution is 2.32. The SMILES string of the molecule is Cc1cc(N)cnc1NC1CCCc2ccccc21. The van der Waals surface area contributed by atoms with E-state index in [0.29, 0.717) is 11.7 Å². The molecule has 0 saturated heterocycles. The minimum absolute atomic E-state index is 0.361. The molecule has 2 aromatic rings. The quantitative estimate of drug-likeness (QED) is 0.861. The van der Waals surface area contributed by atoms with Gasteiger partial charge in [-0.1, -0.05) is 24.3 Å². The maximum absolute atomic E-state index is 5.75. The summed E-state index contributed by atoms with van der Waals surface area (Å²) in [5.41, 5.74) is 10.4. The Morgan fingerprint density at radius 1 is 1.32 bits per heavy atom. The molecule has 0 fully saturated rings. The van der Waals surface area contributed by atoms with Gasteiger partial charge in [0.1, 0.15) is 5.82 Å². The average Bonchev–Trinajstić information content (AvgIpc) is 2.42. The summed E-state index contributed by atoms with van der Waals surface area (Å²) in [6.07, 6.45) is 5.28. The van der Waals surface area contributed by atoms with Crippen LogP contribution < -0.4 is 11.1 Å². The zero-order valence-corrected chi connectivity index (χ0v) is 11.2. The lowest BCUT2D eigenvalue weighted by Gasteiger charge is -2.27. The minimum atomic E-state index is 0.361. The number of nitrogens with two attached hydrogens (primary N) is 1. The summed E-state index contributed by atoms with van der Waals surface area (Å²) < 4.78 is 0. The van der Waals surface area contributed by atoms with E-state index in [2.05, 4.69) is 34.6 Å². The van der Waals surface area contributed by atoms with Crippen molar-refractivity contribution in [3.05, 3.63) is 53.2 Å². The number of pyridine rings is 1.